The Labute approximate surface area is 565 Å². The lowest BCUT2D eigenvalue weighted by atomic mass is 9.89. The lowest BCUT2D eigenvalue weighted by Gasteiger charge is -2.34. The van der Waals surface area contributed by atoms with Gasteiger partial charge in [0.15, 0.2) is 28.4 Å². The second-order valence-electron chi connectivity index (χ2n) is 23.7. The van der Waals surface area contributed by atoms with E-state index in [1.165, 1.54) is 87.5 Å². The van der Waals surface area contributed by atoms with Gasteiger partial charge in [-0.05, 0) is 147 Å². The fraction of sp³-hybridized carbons (Fsp3) is 0.282. The fourth-order valence-electron chi connectivity index (χ4n) is 12.3. The van der Waals surface area contributed by atoms with Crippen molar-refractivity contribution in [1.29, 1.82) is 0 Å². The summed E-state index contributed by atoms with van der Waals surface area (Å²) in [6.45, 7) is 2.51. The van der Waals surface area contributed by atoms with Crippen LogP contribution in [0.2, 0.25) is 0 Å². The van der Waals surface area contributed by atoms with E-state index in [0.717, 1.165) is 12.8 Å². The van der Waals surface area contributed by atoms with Gasteiger partial charge >= 0.3 is 5.97 Å². The molecule has 1 aliphatic carbocycles. The van der Waals surface area contributed by atoms with Gasteiger partial charge in [-0.1, -0.05) is 44.7 Å². The van der Waals surface area contributed by atoms with E-state index in [2.05, 4.69) is 67.7 Å². The molecule has 21 nitrogen and oxygen atoms in total. The lowest BCUT2D eigenvalue weighted by molar-refractivity contribution is -0.135. The number of unbranched alkanes of at least 4 members (excludes halogenated alkanes) is 2. The number of phenolic OH excluding ortho intramolecular Hbond substituents is 1. The number of benzene rings is 7. The van der Waals surface area contributed by atoms with E-state index < -0.39 is 29.6 Å². The van der Waals surface area contributed by atoms with E-state index in [0.29, 0.717) is 160 Å². The highest BCUT2D eigenvalue weighted by molar-refractivity contribution is 9.10. The van der Waals surface area contributed by atoms with Gasteiger partial charge in [0.25, 0.3) is 5.91 Å². The number of halogens is 4. The van der Waals surface area contributed by atoms with Crippen LogP contribution in [-0.4, -0.2) is 123 Å². The Morgan fingerprint density at radius 1 is 0.635 bits per heavy atom. The van der Waals surface area contributed by atoms with Crippen LogP contribution in [0.25, 0.3) is 55.2 Å². The van der Waals surface area contributed by atoms with Crippen molar-refractivity contribution in [2.24, 2.45) is 11.8 Å². The molecule has 25 heteroatoms. The number of aromatic carboxylic acids is 1. The average molecular weight is 1430 g/mol. The Kier molecular flexibility index (Phi) is 20.2. The van der Waals surface area contributed by atoms with Crippen LogP contribution in [-0.2, 0) is 9.59 Å². The molecule has 0 saturated carbocycles. The Balaban J connectivity index is 0.692. The molecule has 1 unspecified atom stereocenters. The molecule has 12 rings (SSSR count). The number of hydrogen-bond donors (Lipinski definition) is 5. The third-order valence-corrected chi connectivity index (χ3v) is 18.5. The lowest BCUT2D eigenvalue weighted by Crippen LogP contribution is -2.51. The smallest absolute Gasteiger partial charge is 0.336 e. The number of fused-ring (bicyclic) bond motifs is 4. The van der Waals surface area contributed by atoms with Crippen LogP contribution in [0.15, 0.2) is 146 Å². The van der Waals surface area contributed by atoms with Gasteiger partial charge in [0.2, 0.25) is 11.8 Å². The highest BCUT2D eigenvalue weighted by Gasteiger charge is 2.32. The molecular weight excluding hydrogens is 1370 g/mol. The van der Waals surface area contributed by atoms with Gasteiger partial charge in [0, 0.05) is 98.7 Å². The largest absolute Gasteiger partial charge is 0.508 e. The van der Waals surface area contributed by atoms with E-state index in [1.807, 2.05) is 4.90 Å². The zero-order chi connectivity index (χ0) is 67.1. The summed E-state index contributed by atoms with van der Waals surface area (Å²) < 4.78 is 61.0. The molecule has 2 saturated heterocycles. The topological polar surface area (TPSA) is 270 Å². The number of piperidine rings is 2. The molecule has 8 aromatic rings. The number of aromatic nitrogens is 4. The van der Waals surface area contributed by atoms with Crippen LogP contribution in [0.4, 0.5) is 31.8 Å². The summed E-state index contributed by atoms with van der Waals surface area (Å²) in [7, 11) is 3.06. The number of methoxy groups -OCH3 is 2. The number of carboxylic acids is 1. The molecule has 0 bridgehead atoms. The van der Waals surface area contributed by atoms with Crippen molar-refractivity contribution in [3.05, 3.63) is 170 Å². The maximum absolute atomic E-state index is 14.8. The van der Waals surface area contributed by atoms with Crippen molar-refractivity contribution >= 4 is 111 Å². The fourth-order valence-corrected chi connectivity index (χ4v) is 13.0. The standard InChI is InChI=1S/C71H65Br2F2N9O12/c1-92-61-31-50-57(76-37-78-67(50)80-54-16-9-42(72)27-52(54)74)33-63(61)94-35-39-18-22-83(23-19-39)65(87)7-5-3-4-6-56(82-69(88)41-8-13-46(71(90)91)49(26-41)66-47-14-11-44(85)29-59(47)96-60-30-45(86)12-15-48(60)66)70(89)84-24-20-40(21-25-84)36-95-64-34-58-51(32-62(64)93-2)68(79-38-77-58)81-55-17-10-43(73)28-53(55)75/h8-17,26-34,37-40,56,85H,3-7,18-25,35-36H2,1-2H3,(H,82,88)(H,90,91)(H,76,78,80)(H,77,79,81). The number of carbonyl (C=O) groups excluding carboxylic acids is 3. The molecule has 96 heavy (non-hydrogen) atoms. The highest BCUT2D eigenvalue weighted by Crippen LogP contribution is 2.43. The number of hydrogen-bond acceptors (Lipinski definition) is 17. The molecular formula is C71H65Br2F2N9O12. The average Bonchev–Trinajstić information content (AvgIpc) is 0.753. The monoisotopic (exact) mass is 1430 g/mol. The maximum Gasteiger partial charge on any atom is 0.336 e. The van der Waals surface area contributed by atoms with Crippen LogP contribution < -0.4 is 40.3 Å². The van der Waals surface area contributed by atoms with Gasteiger partial charge in [-0.3, -0.25) is 19.2 Å². The first kappa shape index (κ1) is 66.0. The Bertz CT molecular complexity index is 4640. The predicted molar refractivity (Wildman–Crippen MR) is 364 cm³/mol. The molecule has 2 fully saturated rings. The number of nitrogens with zero attached hydrogens (tertiary/aromatic N) is 6. The van der Waals surface area contributed by atoms with Gasteiger partial charge in [0.05, 0.1) is 55.4 Å². The van der Waals surface area contributed by atoms with Crippen LogP contribution >= 0.6 is 31.9 Å². The molecule has 6 aromatic carbocycles. The predicted octanol–water partition coefficient (Wildman–Crippen LogP) is 13.8. The molecule has 3 aliphatic heterocycles. The van der Waals surface area contributed by atoms with Crippen molar-refractivity contribution in [1.82, 2.24) is 35.1 Å². The second kappa shape index (κ2) is 29.3. The number of carbonyl (C=O) groups is 4. The van der Waals surface area contributed by atoms with E-state index in [9.17, 15) is 43.0 Å². The van der Waals surface area contributed by atoms with Gasteiger partial charge in [0.1, 0.15) is 59.1 Å². The Morgan fingerprint density at radius 2 is 1.22 bits per heavy atom. The third kappa shape index (κ3) is 14.9. The van der Waals surface area contributed by atoms with Gasteiger partial charge in [-0.25, -0.2) is 33.5 Å². The number of amides is 3. The van der Waals surface area contributed by atoms with Crippen molar-refractivity contribution in [2.75, 3.05) is 64.2 Å². The number of carboxylic acid groups (broad SMARTS) is 1. The van der Waals surface area contributed by atoms with Crippen LogP contribution in [0, 0.1) is 23.5 Å². The Hall–Kier alpha value is -10.0. The quantitative estimate of drug-likeness (QED) is 0.0294. The number of anilines is 4. The Morgan fingerprint density at radius 3 is 1.78 bits per heavy atom. The molecule has 0 spiro atoms. The third-order valence-electron chi connectivity index (χ3n) is 17.5. The van der Waals surface area contributed by atoms with Gasteiger partial charge in [-0.2, -0.15) is 0 Å². The summed E-state index contributed by atoms with van der Waals surface area (Å²) in [5, 5.41) is 31.7. The minimum absolute atomic E-state index is 0.0221. The number of phenols is 1. The van der Waals surface area contributed by atoms with E-state index in [1.54, 1.807) is 59.5 Å². The summed E-state index contributed by atoms with van der Waals surface area (Å²) in [6, 6.07) is 28.0. The number of nitrogens with one attached hydrogen (secondary N) is 3. The first-order valence-electron chi connectivity index (χ1n) is 31.3. The molecule has 5 heterocycles. The maximum atomic E-state index is 14.8. The molecule has 4 aliphatic rings. The van der Waals surface area contributed by atoms with Crippen molar-refractivity contribution in [3.63, 3.8) is 0 Å². The van der Waals surface area contributed by atoms with E-state index in [-0.39, 0.29) is 80.7 Å². The van der Waals surface area contributed by atoms with Crippen LogP contribution in [0.3, 0.4) is 0 Å². The summed E-state index contributed by atoms with van der Waals surface area (Å²) >= 11 is 6.58. The SMILES string of the molecule is COc1cc2c(Nc3ccc(Br)cc3F)ncnc2cc1OCC1CCN(C(=O)CCCCCC(NC(=O)c2ccc(C(=O)O)c(-c3c4ccc(=O)cc-4oc4cc(O)ccc34)c2)C(=O)N2CCC(COc3cc4ncnc(Nc5ccc(Br)cc5F)c4cc3OC)CC2)CC1. The number of ether oxygens (including phenoxy) is 4. The molecule has 1 atom stereocenters. The molecule has 0 radical (unpaired) electrons. The minimum atomic E-state index is -1.28. The molecule has 5 N–H and O–H groups in total. The zero-order valence-electron chi connectivity index (χ0n) is 52.1. The van der Waals surface area contributed by atoms with Crippen LogP contribution in [0.1, 0.15) is 78.5 Å². The van der Waals surface area contributed by atoms with Crippen molar-refractivity contribution in [3.8, 4) is 51.2 Å². The first-order chi connectivity index (χ1) is 46.5. The second-order valence-corrected chi connectivity index (χ2v) is 25.5. The molecule has 494 valence electrons. The first-order valence-corrected chi connectivity index (χ1v) is 32.9. The zero-order valence-corrected chi connectivity index (χ0v) is 55.3. The molecule has 3 amide bonds. The summed E-state index contributed by atoms with van der Waals surface area (Å²) in [5.74, 6) is -0.317. The number of aromatic hydroxyl groups is 1. The van der Waals surface area contributed by atoms with Gasteiger partial charge in [-0.15, -0.1) is 0 Å². The van der Waals surface area contributed by atoms with Gasteiger partial charge < -0.3 is 59.3 Å². The van der Waals surface area contributed by atoms with E-state index in [4.69, 9.17) is 23.4 Å². The van der Waals surface area contributed by atoms with Crippen LogP contribution in [0.5, 0.6) is 28.7 Å². The summed E-state index contributed by atoms with van der Waals surface area (Å²) in [4.78, 5) is 89.8. The highest BCUT2D eigenvalue weighted by atomic mass is 79.9. The van der Waals surface area contributed by atoms with Crippen molar-refractivity contribution < 1.29 is 61.5 Å². The van der Waals surface area contributed by atoms with Crippen molar-refractivity contribution in [2.45, 2.75) is 63.8 Å². The number of likely N-dealkylation sites (tertiary alicyclic amines) is 2. The summed E-state index contributed by atoms with van der Waals surface area (Å²) in [6.07, 6.45) is 7.50. The number of rotatable bonds is 23. The minimum Gasteiger partial charge on any atom is -0.508 e. The molecule has 2 aromatic heterocycles. The summed E-state index contributed by atoms with van der Waals surface area (Å²) in [5.41, 5.74) is 2.21. The normalized spacial score (nSPS) is 14.0. The van der Waals surface area contributed by atoms with E-state index >= 15 is 0 Å².